The van der Waals surface area contributed by atoms with E-state index in [1.54, 1.807) is 0 Å². The molecular formula is C18H22ClNO. The number of hydrogen-bond donors (Lipinski definition) is 1. The molecule has 0 bridgehead atoms. The van der Waals surface area contributed by atoms with Gasteiger partial charge in [-0.3, -0.25) is 0 Å². The number of rotatable bonds is 7. The van der Waals surface area contributed by atoms with Gasteiger partial charge in [0, 0.05) is 23.2 Å². The summed E-state index contributed by atoms with van der Waals surface area (Å²) in [5.41, 5.74) is 2.27. The minimum absolute atomic E-state index is 0.490. The molecule has 0 aliphatic carbocycles. The van der Waals surface area contributed by atoms with Crippen molar-refractivity contribution in [1.29, 1.82) is 0 Å². The van der Waals surface area contributed by atoms with Crippen LogP contribution in [-0.2, 0) is 13.2 Å². The van der Waals surface area contributed by atoms with Crippen molar-refractivity contribution in [2.75, 3.05) is 0 Å². The first-order valence-electron chi connectivity index (χ1n) is 7.37. The van der Waals surface area contributed by atoms with Gasteiger partial charge < -0.3 is 10.1 Å². The minimum Gasteiger partial charge on any atom is -0.489 e. The average molecular weight is 304 g/mol. The van der Waals surface area contributed by atoms with Crippen molar-refractivity contribution in [3.8, 4) is 5.75 Å². The van der Waals surface area contributed by atoms with Gasteiger partial charge in [-0.2, -0.15) is 0 Å². The van der Waals surface area contributed by atoms with Gasteiger partial charge >= 0.3 is 0 Å². The quantitative estimate of drug-likeness (QED) is 0.793. The molecule has 0 aliphatic rings. The fourth-order valence-corrected chi connectivity index (χ4v) is 2.11. The van der Waals surface area contributed by atoms with E-state index in [0.717, 1.165) is 29.3 Å². The van der Waals surface area contributed by atoms with E-state index in [9.17, 15) is 0 Å². The highest BCUT2D eigenvalue weighted by Gasteiger charge is 2.02. The predicted molar refractivity (Wildman–Crippen MR) is 88.8 cm³/mol. The number of hydrogen-bond acceptors (Lipinski definition) is 2. The SMILES string of the molecule is CCC(C)NCc1ccc(OCc2ccccc2Cl)cc1. The van der Waals surface area contributed by atoms with Crippen molar-refractivity contribution in [2.45, 2.75) is 39.5 Å². The van der Waals surface area contributed by atoms with Gasteiger partial charge in [-0.25, -0.2) is 0 Å². The first-order chi connectivity index (χ1) is 10.2. The zero-order valence-corrected chi connectivity index (χ0v) is 13.4. The van der Waals surface area contributed by atoms with E-state index >= 15 is 0 Å². The number of nitrogens with one attached hydrogen (secondary N) is 1. The molecule has 1 N–H and O–H groups in total. The lowest BCUT2D eigenvalue weighted by Crippen LogP contribution is -2.24. The van der Waals surface area contributed by atoms with Gasteiger partial charge in [-0.1, -0.05) is 48.9 Å². The molecule has 0 aromatic heterocycles. The maximum absolute atomic E-state index is 6.11. The van der Waals surface area contributed by atoms with Gasteiger partial charge in [-0.05, 0) is 37.1 Å². The first-order valence-corrected chi connectivity index (χ1v) is 7.75. The van der Waals surface area contributed by atoms with Crippen LogP contribution in [0.1, 0.15) is 31.4 Å². The smallest absolute Gasteiger partial charge is 0.119 e. The molecule has 1 unspecified atom stereocenters. The molecule has 112 valence electrons. The van der Waals surface area contributed by atoms with Crippen LogP contribution in [0.25, 0.3) is 0 Å². The number of benzene rings is 2. The third-order valence-electron chi connectivity index (χ3n) is 3.54. The lowest BCUT2D eigenvalue weighted by atomic mass is 10.2. The van der Waals surface area contributed by atoms with E-state index < -0.39 is 0 Å². The second kappa shape index (κ2) is 8.06. The highest BCUT2D eigenvalue weighted by molar-refractivity contribution is 6.31. The molecule has 0 amide bonds. The summed E-state index contributed by atoms with van der Waals surface area (Å²) in [6, 6.07) is 16.5. The summed E-state index contributed by atoms with van der Waals surface area (Å²) in [6.45, 7) is 5.76. The van der Waals surface area contributed by atoms with E-state index in [1.807, 2.05) is 36.4 Å². The van der Waals surface area contributed by atoms with Crippen LogP contribution in [0.15, 0.2) is 48.5 Å². The van der Waals surface area contributed by atoms with Crippen LogP contribution < -0.4 is 10.1 Å². The third-order valence-corrected chi connectivity index (χ3v) is 3.91. The molecule has 3 heteroatoms. The van der Waals surface area contributed by atoms with Gasteiger partial charge in [0.2, 0.25) is 0 Å². The number of ether oxygens (including phenoxy) is 1. The average Bonchev–Trinajstić information content (AvgIpc) is 2.53. The Morgan fingerprint density at radius 3 is 2.48 bits per heavy atom. The third kappa shape index (κ3) is 5.07. The van der Waals surface area contributed by atoms with Crippen molar-refractivity contribution in [3.05, 3.63) is 64.7 Å². The molecular weight excluding hydrogens is 282 g/mol. The zero-order chi connectivity index (χ0) is 15.1. The first kappa shape index (κ1) is 15.9. The van der Waals surface area contributed by atoms with E-state index in [1.165, 1.54) is 5.56 Å². The summed E-state index contributed by atoms with van der Waals surface area (Å²) in [5.74, 6) is 0.863. The summed E-state index contributed by atoms with van der Waals surface area (Å²) in [6.07, 6.45) is 1.14. The van der Waals surface area contributed by atoms with Crippen molar-refractivity contribution in [3.63, 3.8) is 0 Å². The monoisotopic (exact) mass is 303 g/mol. The van der Waals surface area contributed by atoms with Crippen LogP contribution in [0.3, 0.4) is 0 Å². The Morgan fingerprint density at radius 1 is 1.10 bits per heavy atom. The Bertz CT molecular complexity index is 553. The highest BCUT2D eigenvalue weighted by atomic mass is 35.5. The molecule has 0 aliphatic heterocycles. The zero-order valence-electron chi connectivity index (χ0n) is 12.6. The number of halogens is 1. The Morgan fingerprint density at radius 2 is 1.81 bits per heavy atom. The Kier molecular flexibility index (Phi) is 6.09. The molecule has 2 aromatic carbocycles. The van der Waals surface area contributed by atoms with Crippen LogP contribution in [0, 0.1) is 0 Å². The standard InChI is InChI=1S/C18H22ClNO/c1-3-14(2)20-12-15-8-10-17(11-9-15)21-13-16-6-4-5-7-18(16)19/h4-11,14,20H,3,12-13H2,1-2H3. The second-order valence-electron chi connectivity index (χ2n) is 5.21. The summed E-state index contributed by atoms with van der Waals surface area (Å²) in [7, 11) is 0. The molecule has 1 atom stereocenters. The van der Waals surface area contributed by atoms with Crippen molar-refractivity contribution >= 4 is 11.6 Å². The maximum Gasteiger partial charge on any atom is 0.119 e. The van der Waals surface area contributed by atoms with Crippen LogP contribution >= 0.6 is 11.6 Å². The largest absolute Gasteiger partial charge is 0.489 e. The van der Waals surface area contributed by atoms with Crippen molar-refractivity contribution in [2.24, 2.45) is 0 Å². The van der Waals surface area contributed by atoms with E-state index in [0.29, 0.717) is 12.6 Å². The molecule has 21 heavy (non-hydrogen) atoms. The fraction of sp³-hybridized carbons (Fsp3) is 0.333. The molecule has 0 saturated carbocycles. The Balaban J connectivity index is 1.86. The second-order valence-corrected chi connectivity index (χ2v) is 5.62. The minimum atomic E-state index is 0.490. The fourth-order valence-electron chi connectivity index (χ4n) is 1.92. The van der Waals surface area contributed by atoms with Crippen LogP contribution in [0.5, 0.6) is 5.75 Å². The van der Waals surface area contributed by atoms with Crippen LogP contribution in [0.2, 0.25) is 5.02 Å². The lowest BCUT2D eigenvalue weighted by molar-refractivity contribution is 0.306. The van der Waals surface area contributed by atoms with Gasteiger partial charge in [0.15, 0.2) is 0 Å². The maximum atomic E-state index is 6.11. The molecule has 0 fully saturated rings. The van der Waals surface area contributed by atoms with Crippen molar-refractivity contribution in [1.82, 2.24) is 5.32 Å². The normalized spacial score (nSPS) is 12.1. The lowest BCUT2D eigenvalue weighted by Gasteiger charge is -2.12. The summed E-state index contributed by atoms with van der Waals surface area (Å²) in [5, 5.41) is 4.22. The summed E-state index contributed by atoms with van der Waals surface area (Å²) < 4.78 is 5.77. The van der Waals surface area contributed by atoms with Gasteiger partial charge in [0.1, 0.15) is 12.4 Å². The predicted octanol–water partition coefficient (Wildman–Crippen LogP) is 4.81. The molecule has 0 radical (unpaired) electrons. The Labute approximate surface area is 132 Å². The Hall–Kier alpha value is -1.51. The van der Waals surface area contributed by atoms with Crippen LogP contribution in [-0.4, -0.2) is 6.04 Å². The molecule has 0 heterocycles. The van der Waals surface area contributed by atoms with Gasteiger partial charge in [-0.15, -0.1) is 0 Å². The molecule has 2 aromatic rings. The molecule has 2 rings (SSSR count). The van der Waals surface area contributed by atoms with Crippen LogP contribution in [0.4, 0.5) is 0 Å². The molecule has 0 saturated heterocycles. The molecule has 0 spiro atoms. The van der Waals surface area contributed by atoms with E-state index in [4.69, 9.17) is 16.3 Å². The summed E-state index contributed by atoms with van der Waals surface area (Å²) in [4.78, 5) is 0. The van der Waals surface area contributed by atoms with Gasteiger partial charge in [0.25, 0.3) is 0 Å². The topological polar surface area (TPSA) is 21.3 Å². The van der Waals surface area contributed by atoms with Crippen molar-refractivity contribution < 1.29 is 4.74 Å². The van der Waals surface area contributed by atoms with E-state index in [-0.39, 0.29) is 0 Å². The van der Waals surface area contributed by atoms with E-state index in [2.05, 4.69) is 31.3 Å². The summed E-state index contributed by atoms with van der Waals surface area (Å²) >= 11 is 6.11. The van der Waals surface area contributed by atoms with Gasteiger partial charge in [0.05, 0.1) is 0 Å². The molecule has 2 nitrogen and oxygen atoms in total. The highest BCUT2D eigenvalue weighted by Crippen LogP contribution is 2.19.